The fourth-order valence-corrected chi connectivity index (χ4v) is 1.74. The van der Waals surface area contributed by atoms with Crippen molar-refractivity contribution in [1.82, 2.24) is 4.98 Å². The van der Waals surface area contributed by atoms with Gasteiger partial charge in [-0.3, -0.25) is 0 Å². The SMILES string of the molecule is CC(O)(Cc1cccc2cc[nH]c12)C(=O)O. The van der Waals surface area contributed by atoms with Crippen molar-refractivity contribution in [3.63, 3.8) is 0 Å². The van der Waals surface area contributed by atoms with Crippen LogP contribution in [0.25, 0.3) is 10.9 Å². The number of benzene rings is 1. The number of aromatic nitrogens is 1. The first-order valence-corrected chi connectivity index (χ1v) is 5.01. The first-order chi connectivity index (χ1) is 7.50. The van der Waals surface area contributed by atoms with Crippen molar-refractivity contribution < 1.29 is 15.0 Å². The Balaban J connectivity index is 2.41. The van der Waals surface area contributed by atoms with Crippen molar-refractivity contribution in [3.8, 4) is 0 Å². The number of aromatic amines is 1. The highest BCUT2D eigenvalue weighted by Gasteiger charge is 2.30. The molecule has 1 unspecified atom stereocenters. The van der Waals surface area contributed by atoms with Gasteiger partial charge < -0.3 is 15.2 Å². The molecule has 0 saturated heterocycles. The van der Waals surface area contributed by atoms with Crippen LogP contribution in [0.3, 0.4) is 0 Å². The predicted octanol–water partition coefficient (Wildman–Crippen LogP) is 1.55. The van der Waals surface area contributed by atoms with E-state index in [0.29, 0.717) is 0 Å². The zero-order valence-electron chi connectivity index (χ0n) is 8.90. The molecule has 1 heterocycles. The van der Waals surface area contributed by atoms with Crippen LogP contribution in [0.4, 0.5) is 0 Å². The second-order valence-electron chi connectivity index (χ2n) is 4.11. The Morgan fingerprint density at radius 2 is 2.19 bits per heavy atom. The molecule has 1 aromatic carbocycles. The monoisotopic (exact) mass is 219 g/mol. The molecule has 0 bridgehead atoms. The number of hydrogen-bond donors (Lipinski definition) is 3. The number of aliphatic hydroxyl groups is 1. The first kappa shape index (κ1) is 10.7. The van der Waals surface area contributed by atoms with Gasteiger partial charge in [-0.05, 0) is 23.9 Å². The van der Waals surface area contributed by atoms with Crippen molar-refractivity contribution in [1.29, 1.82) is 0 Å². The first-order valence-electron chi connectivity index (χ1n) is 5.01. The molecule has 1 atom stereocenters. The summed E-state index contributed by atoms with van der Waals surface area (Å²) < 4.78 is 0. The number of para-hydroxylation sites is 1. The third kappa shape index (κ3) is 1.79. The lowest BCUT2D eigenvalue weighted by molar-refractivity contribution is -0.156. The summed E-state index contributed by atoms with van der Waals surface area (Å²) in [7, 11) is 0. The maximum absolute atomic E-state index is 10.8. The molecule has 1 aromatic heterocycles. The molecular formula is C12H13NO3. The molecule has 0 spiro atoms. The number of nitrogens with one attached hydrogen (secondary N) is 1. The minimum atomic E-state index is -1.74. The van der Waals surface area contributed by atoms with E-state index in [9.17, 15) is 9.90 Å². The van der Waals surface area contributed by atoms with E-state index in [-0.39, 0.29) is 6.42 Å². The lowest BCUT2D eigenvalue weighted by atomic mass is 9.95. The lowest BCUT2D eigenvalue weighted by Gasteiger charge is -2.18. The van der Waals surface area contributed by atoms with E-state index < -0.39 is 11.6 Å². The van der Waals surface area contributed by atoms with Crippen molar-refractivity contribution in [2.24, 2.45) is 0 Å². The third-order valence-corrected chi connectivity index (χ3v) is 2.67. The molecular weight excluding hydrogens is 206 g/mol. The van der Waals surface area contributed by atoms with Gasteiger partial charge in [0.2, 0.25) is 0 Å². The molecule has 2 rings (SSSR count). The van der Waals surface area contributed by atoms with Crippen molar-refractivity contribution in [2.45, 2.75) is 18.9 Å². The van der Waals surface area contributed by atoms with Gasteiger partial charge in [0.15, 0.2) is 5.60 Å². The van der Waals surface area contributed by atoms with Gasteiger partial charge in [0.1, 0.15) is 0 Å². The van der Waals surface area contributed by atoms with E-state index in [4.69, 9.17) is 5.11 Å². The van der Waals surface area contributed by atoms with E-state index in [1.807, 2.05) is 24.3 Å². The highest BCUT2D eigenvalue weighted by molar-refractivity contribution is 5.84. The van der Waals surface area contributed by atoms with Crippen molar-refractivity contribution in [2.75, 3.05) is 0 Å². The van der Waals surface area contributed by atoms with Crippen molar-refractivity contribution >= 4 is 16.9 Å². The average molecular weight is 219 g/mol. The number of H-pyrrole nitrogens is 1. The molecule has 3 N–H and O–H groups in total. The smallest absolute Gasteiger partial charge is 0.335 e. The number of rotatable bonds is 3. The van der Waals surface area contributed by atoms with E-state index in [0.717, 1.165) is 16.5 Å². The van der Waals surface area contributed by atoms with Crippen LogP contribution in [-0.4, -0.2) is 26.8 Å². The predicted molar refractivity (Wildman–Crippen MR) is 60.3 cm³/mol. The zero-order valence-corrected chi connectivity index (χ0v) is 8.90. The molecule has 0 aliphatic heterocycles. The highest BCUT2D eigenvalue weighted by Crippen LogP contribution is 2.21. The number of carboxylic acid groups (broad SMARTS) is 1. The van der Waals surface area contributed by atoms with Crippen LogP contribution in [0.1, 0.15) is 12.5 Å². The molecule has 0 aliphatic rings. The van der Waals surface area contributed by atoms with Crippen LogP contribution in [-0.2, 0) is 11.2 Å². The summed E-state index contributed by atoms with van der Waals surface area (Å²) in [6.45, 7) is 1.30. The number of aliphatic carboxylic acids is 1. The maximum Gasteiger partial charge on any atom is 0.335 e. The summed E-state index contributed by atoms with van der Waals surface area (Å²) >= 11 is 0. The Morgan fingerprint density at radius 3 is 2.88 bits per heavy atom. The molecule has 0 radical (unpaired) electrons. The van der Waals surface area contributed by atoms with Gasteiger partial charge in [0.25, 0.3) is 0 Å². The molecule has 0 fully saturated rings. The molecule has 4 heteroatoms. The Hall–Kier alpha value is -1.81. The maximum atomic E-state index is 10.8. The average Bonchev–Trinajstić information content (AvgIpc) is 2.65. The Morgan fingerprint density at radius 1 is 1.44 bits per heavy atom. The Labute approximate surface area is 92.5 Å². The van der Waals surface area contributed by atoms with E-state index >= 15 is 0 Å². The van der Waals surface area contributed by atoms with Crippen LogP contribution in [0, 0.1) is 0 Å². The molecule has 16 heavy (non-hydrogen) atoms. The summed E-state index contributed by atoms with van der Waals surface area (Å²) in [4.78, 5) is 13.9. The minimum Gasteiger partial charge on any atom is -0.479 e. The van der Waals surface area contributed by atoms with Gasteiger partial charge in [0, 0.05) is 18.1 Å². The van der Waals surface area contributed by atoms with E-state index in [1.165, 1.54) is 6.92 Å². The molecule has 84 valence electrons. The van der Waals surface area contributed by atoms with Crippen molar-refractivity contribution in [3.05, 3.63) is 36.0 Å². The zero-order chi connectivity index (χ0) is 11.8. The lowest BCUT2D eigenvalue weighted by Crippen LogP contribution is -2.37. The third-order valence-electron chi connectivity index (χ3n) is 2.67. The van der Waals surface area contributed by atoms with Gasteiger partial charge in [0.05, 0.1) is 0 Å². The molecule has 4 nitrogen and oxygen atoms in total. The molecule has 0 saturated carbocycles. The molecule has 0 aliphatic carbocycles. The summed E-state index contributed by atoms with van der Waals surface area (Å²) in [6, 6.07) is 7.51. The highest BCUT2D eigenvalue weighted by atomic mass is 16.4. The number of fused-ring (bicyclic) bond motifs is 1. The van der Waals surface area contributed by atoms with Gasteiger partial charge in [-0.25, -0.2) is 4.79 Å². The minimum absolute atomic E-state index is 0.0835. The van der Waals surface area contributed by atoms with E-state index in [1.54, 1.807) is 6.20 Å². The number of hydrogen-bond acceptors (Lipinski definition) is 2. The van der Waals surface area contributed by atoms with Crippen LogP contribution < -0.4 is 0 Å². The van der Waals surface area contributed by atoms with Crippen LogP contribution in [0.2, 0.25) is 0 Å². The largest absolute Gasteiger partial charge is 0.479 e. The van der Waals surface area contributed by atoms with Crippen LogP contribution >= 0.6 is 0 Å². The quantitative estimate of drug-likeness (QED) is 0.733. The standard InChI is InChI=1S/C12H13NO3/c1-12(16,11(14)15)7-9-4-2-3-8-5-6-13-10(8)9/h2-6,13,16H,7H2,1H3,(H,14,15). The summed E-state index contributed by atoms with van der Waals surface area (Å²) in [5.41, 5.74) is -0.0572. The molecule has 2 aromatic rings. The summed E-state index contributed by atoms with van der Waals surface area (Å²) in [5.74, 6) is -1.21. The van der Waals surface area contributed by atoms with Gasteiger partial charge in [-0.15, -0.1) is 0 Å². The molecule has 0 amide bonds. The van der Waals surface area contributed by atoms with Crippen LogP contribution in [0.5, 0.6) is 0 Å². The Kier molecular flexibility index (Phi) is 2.44. The van der Waals surface area contributed by atoms with Crippen LogP contribution in [0.15, 0.2) is 30.5 Å². The topological polar surface area (TPSA) is 73.3 Å². The summed E-state index contributed by atoms with van der Waals surface area (Å²) in [5, 5.41) is 19.6. The normalized spacial score (nSPS) is 14.9. The second kappa shape index (κ2) is 3.64. The summed E-state index contributed by atoms with van der Waals surface area (Å²) in [6.07, 6.45) is 1.88. The van der Waals surface area contributed by atoms with Gasteiger partial charge >= 0.3 is 5.97 Å². The van der Waals surface area contributed by atoms with E-state index in [2.05, 4.69) is 4.98 Å². The number of carboxylic acids is 1. The van der Waals surface area contributed by atoms with Gasteiger partial charge in [-0.2, -0.15) is 0 Å². The van der Waals surface area contributed by atoms with Gasteiger partial charge in [-0.1, -0.05) is 18.2 Å². The second-order valence-corrected chi connectivity index (χ2v) is 4.11. The number of carbonyl (C=O) groups is 1. The fraction of sp³-hybridized carbons (Fsp3) is 0.250. The Bertz CT molecular complexity index is 528. The fourth-order valence-electron chi connectivity index (χ4n) is 1.74.